The van der Waals surface area contributed by atoms with Gasteiger partial charge in [-0.2, -0.15) is 0 Å². The third-order valence-electron chi connectivity index (χ3n) is 11.7. The quantitative estimate of drug-likeness (QED) is 0.0322. The minimum Gasteiger partial charge on any atom is -0.462 e. The van der Waals surface area contributed by atoms with E-state index in [-0.39, 0.29) is 24.9 Å². The number of hydrogen-bond acceptors (Lipinski definition) is 5. The van der Waals surface area contributed by atoms with Crippen LogP contribution in [0.5, 0.6) is 0 Å². The Balaban J connectivity index is 4.56. The summed E-state index contributed by atoms with van der Waals surface area (Å²) in [7, 11) is 0. The van der Waals surface area contributed by atoms with Gasteiger partial charge in [0.2, 0.25) is 5.91 Å². The molecule has 3 atom stereocenters. The summed E-state index contributed by atoms with van der Waals surface area (Å²) in [4.78, 5) is 26.1. The standard InChI is InChI=1S/C56H99NO5/c1-4-7-10-13-16-19-22-24-26-28-30-32-34-37-40-43-46-49-56(61)62-52(47-44-41-38-35-21-18-15-12-9-6-3)50-55(60)57-53(51-58)54(59)48-45-42-39-36-33-31-29-27-25-23-20-17-14-11-8-5-2/h7,10,13,16,19,22,24,26,28,30,32,34,52-54,58-59H,4-6,8-9,11-12,14-15,17-18,20-21,23,25,27,29,31,33,35-51H2,1-3H3,(H,57,60)/b10-7-,16-13+,22-19+,26-24-,30-28+,34-32+. The van der Waals surface area contributed by atoms with Crippen molar-refractivity contribution in [1.29, 1.82) is 0 Å². The molecule has 0 fully saturated rings. The van der Waals surface area contributed by atoms with Gasteiger partial charge in [0, 0.05) is 6.42 Å². The summed E-state index contributed by atoms with van der Waals surface area (Å²) in [5, 5.41) is 23.8. The van der Waals surface area contributed by atoms with Crippen LogP contribution in [0.25, 0.3) is 0 Å². The molecule has 0 saturated heterocycles. The molecule has 358 valence electrons. The third kappa shape index (κ3) is 43.9. The number of carbonyl (C=O) groups excluding carboxylic acids is 2. The van der Waals surface area contributed by atoms with Crippen LogP contribution in [0, 0.1) is 0 Å². The van der Waals surface area contributed by atoms with Crippen LogP contribution in [0.15, 0.2) is 72.9 Å². The van der Waals surface area contributed by atoms with Gasteiger partial charge in [0.05, 0.1) is 25.2 Å². The molecule has 0 aliphatic carbocycles. The summed E-state index contributed by atoms with van der Waals surface area (Å²) in [6.07, 6.45) is 62.4. The highest BCUT2D eigenvalue weighted by molar-refractivity contribution is 5.77. The average Bonchev–Trinajstić information content (AvgIpc) is 3.26. The van der Waals surface area contributed by atoms with Crippen molar-refractivity contribution < 1.29 is 24.5 Å². The van der Waals surface area contributed by atoms with Gasteiger partial charge in [-0.1, -0.05) is 261 Å². The lowest BCUT2D eigenvalue weighted by atomic mass is 10.0. The summed E-state index contributed by atoms with van der Waals surface area (Å²) in [5.41, 5.74) is 0. The van der Waals surface area contributed by atoms with Crippen LogP contribution in [0.3, 0.4) is 0 Å². The van der Waals surface area contributed by atoms with Gasteiger partial charge < -0.3 is 20.3 Å². The van der Waals surface area contributed by atoms with E-state index in [2.05, 4.69) is 50.4 Å². The predicted octanol–water partition coefficient (Wildman–Crippen LogP) is 15.8. The fourth-order valence-corrected chi connectivity index (χ4v) is 7.76. The summed E-state index contributed by atoms with van der Waals surface area (Å²) in [6.45, 7) is 6.33. The highest BCUT2D eigenvalue weighted by Crippen LogP contribution is 2.18. The molecule has 0 aliphatic rings. The molecule has 0 radical (unpaired) electrons. The van der Waals surface area contributed by atoms with E-state index < -0.39 is 18.2 Å². The zero-order chi connectivity index (χ0) is 45.2. The van der Waals surface area contributed by atoms with Crippen molar-refractivity contribution in [3.05, 3.63) is 72.9 Å². The van der Waals surface area contributed by atoms with Crippen molar-refractivity contribution in [2.24, 2.45) is 0 Å². The zero-order valence-electron chi connectivity index (χ0n) is 40.7. The second-order valence-corrected chi connectivity index (χ2v) is 17.7. The Morgan fingerprint density at radius 3 is 1.31 bits per heavy atom. The van der Waals surface area contributed by atoms with E-state index in [1.165, 1.54) is 128 Å². The van der Waals surface area contributed by atoms with Gasteiger partial charge in [-0.05, 0) is 44.9 Å². The molecule has 0 heterocycles. The van der Waals surface area contributed by atoms with Crippen LogP contribution in [-0.2, 0) is 14.3 Å². The summed E-state index contributed by atoms with van der Waals surface area (Å²) < 4.78 is 5.91. The minimum absolute atomic E-state index is 0.0584. The van der Waals surface area contributed by atoms with E-state index in [1.807, 2.05) is 48.6 Å². The molecule has 0 spiro atoms. The molecule has 6 nitrogen and oxygen atoms in total. The second-order valence-electron chi connectivity index (χ2n) is 17.7. The lowest BCUT2D eigenvalue weighted by Crippen LogP contribution is -2.46. The number of allylic oxidation sites excluding steroid dienone is 12. The Morgan fingerprint density at radius 1 is 0.484 bits per heavy atom. The van der Waals surface area contributed by atoms with E-state index >= 15 is 0 Å². The highest BCUT2D eigenvalue weighted by Gasteiger charge is 2.24. The largest absolute Gasteiger partial charge is 0.462 e. The number of hydrogen-bond donors (Lipinski definition) is 3. The van der Waals surface area contributed by atoms with Gasteiger partial charge in [-0.15, -0.1) is 0 Å². The van der Waals surface area contributed by atoms with E-state index in [0.717, 1.165) is 70.6 Å². The predicted molar refractivity (Wildman–Crippen MR) is 268 cm³/mol. The first-order valence-electron chi connectivity index (χ1n) is 26.2. The van der Waals surface area contributed by atoms with Crippen LogP contribution >= 0.6 is 0 Å². The Labute approximate surface area is 383 Å². The van der Waals surface area contributed by atoms with E-state index in [9.17, 15) is 19.8 Å². The van der Waals surface area contributed by atoms with Crippen LogP contribution in [0.4, 0.5) is 0 Å². The molecule has 0 aromatic rings. The maximum absolute atomic E-state index is 13.2. The maximum Gasteiger partial charge on any atom is 0.306 e. The number of nitrogens with one attached hydrogen (secondary N) is 1. The molecule has 6 heteroatoms. The number of ether oxygens (including phenoxy) is 1. The van der Waals surface area contributed by atoms with Crippen LogP contribution in [0.1, 0.15) is 245 Å². The van der Waals surface area contributed by atoms with Gasteiger partial charge in [0.25, 0.3) is 0 Å². The topological polar surface area (TPSA) is 95.9 Å². The van der Waals surface area contributed by atoms with Crippen molar-refractivity contribution in [1.82, 2.24) is 5.32 Å². The van der Waals surface area contributed by atoms with Gasteiger partial charge in [0.15, 0.2) is 0 Å². The van der Waals surface area contributed by atoms with Crippen molar-refractivity contribution in [3.8, 4) is 0 Å². The monoisotopic (exact) mass is 866 g/mol. The molecule has 0 bridgehead atoms. The first-order chi connectivity index (χ1) is 30.5. The molecule has 1 amide bonds. The summed E-state index contributed by atoms with van der Waals surface area (Å²) >= 11 is 0. The lowest BCUT2D eigenvalue weighted by molar-refractivity contribution is -0.151. The fourth-order valence-electron chi connectivity index (χ4n) is 7.76. The zero-order valence-corrected chi connectivity index (χ0v) is 40.7. The number of aliphatic hydroxyl groups is 2. The fraction of sp³-hybridized carbons (Fsp3) is 0.750. The number of amides is 1. The smallest absolute Gasteiger partial charge is 0.306 e. The van der Waals surface area contributed by atoms with E-state index in [0.29, 0.717) is 19.3 Å². The Kier molecular flexibility index (Phi) is 47.2. The summed E-state index contributed by atoms with van der Waals surface area (Å²) in [6, 6.07) is -0.712. The molecular weight excluding hydrogens is 767 g/mol. The van der Waals surface area contributed by atoms with Gasteiger partial charge in [0.1, 0.15) is 6.10 Å². The SMILES string of the molecule is CC\C=C/C=C/C=C/C=C\C=C\C=C\CCCCCC(=O)OC(CCCCCCCCCCCC)CC(=O)NC(CO)C(O)CCCCCCCCCCCCCCCCCC. The molecule has 0 aromatic carbocycles. The normalized spacial score (nSPS) is 13.8. The van der Waals surface area contributed by atoms with Gasteiger partial charge >= 0.3 is 5.97 Å². The second kappa shape index (κ2) is 49.3. The molecule has 3 N–H and O–H groups in total. The molecule has 3 unspecified atom stereocenters. The van der Waals surface area contributed by atoms with Gasteiger partial charge in [-0.25, -0.2) is 0 Å². The molecule has 0 saturated carbocycles. The Bertz CT molecular complexity index is 1150. The van der Waals surface area contributed by atoms with Crippen molar-refractivity contribution in [3.63, 3.8) is 0 Å². The minimum atomic E-state index is -0.797. The molecule has 0 aliphatic heterocycles. The third-order valence-corrected chi connectivity index (χ3v) is 11.7. The Hall–Kier alpha value is -2.70. The van der Waals surface area contributed by atoms with Crippen LogP contribution in [0.2, 0.25) is 0 Å². The van der Waals surface area contributed by atoms with E-state index in [4.69, 9.17) is 4.74 Å². The number of carbonyl (C=O) groups is 2. The van der Waals surface area contributed by atoms with Crippen LogP contribution in [-0.4, -0.2) is 46.9 Å². The lowest BCUT2D eigenvalue weighted by Gasteiger charge is -2.24. The molecule has 0 rings (SSSR count). The first kappa shape index (κ1) is 59.3. The highest BCUT2D eigenvalue weighted by atomic mass is 16.5. The van der Waals surface area contributed by atoms with Crippen LogP contribution < -0.4 is 5.32 Å². The van der Waals surface area contributed by atoms with Crippen molar-refractivity contribution >= 4 is 11.9 Å². The van der Waals surface area contributed by atoms with E-state index in [1.54, 1.807) is 0 Å². The number of esters is 1. The first-order valence-corrected chi connectivity index (χ1v) is 26.2. The molecular formula is C56H99NO5. The molecule has 62 heavy (non-hydrogen) atoms. The van der Waals surface area contributed by atoms with Crippen molar-refractivity contribution in [2.45, 2.75) is 264 Å². The van der Waals surface area contributed by atoms with Crippen molar-refractivity contribution in [2.75, 3.05) is 6.61 Å². The number of aliphatic hydroxyl groups excluding tert-OH is 2. The number of unbranched alkanes of at least 4 members (excludes halogenated alkanes) is 27. The van der Waals surface area contributed by atoms with Gasteiger partial charge in [-0.3, -0.25) is 9.59 Å². The Morgan fingerprint density at radius 2 is 0.871 bits per heavy atom. The maximum atomic E-state index is 13.2. The average molecular weight is 866 g/mol. The number of rotatable bonds is 46. The molecule has 0 aromatic heterocycles. The summed E-state index contributed by atoms with van der Waals surface area (Å²) in [5.74, 6) is -0.523.